The molecular formula is C29H23N3O6. The fraction of sp³-hybridized carbons (Fsp3) is 0.310. The van der Waals surface area contributed by atoms with Crippen LogP contribution in [0.1, 0.15) is 19.8 Å². The molecule has 1 N–H and O–H groups in total. The van der Waals surface area contributed by atoms with Crippen LogP contribution in [0.5, 0.6) is 5.88 Å². The Morgan fingerprint density at radius 3 is 2.55 bits per heavy atom. The largest absolute Gasteiger partial charge is 0.475 e. The number of amides is 2. The van der Waals surface area contributed by atoms with Crippen molar-refractivity contribution in [2.45, 2.75) is 37.1 Å². The third-order valence-corrected chi connectivity index (χ3v) is 8.46. The zero-order chi connectivity index (χ0) is 26.2. The second-order valence-electron chi connectivity index (χ2n) is 10.4. The van der Waals surface area contributed by atoms with Crippen LogP contribution in [0.4, 0.5) is 11.4 Å². The number of aromatic nitrogens is 1. The van der Waals surface area contributed by atoms with Gasteiger partial charge in [0.1, 0.15) is 5.60 Å². The summed E-state index contributed by atoms with van der Waals surface area (Å²) >= 11 is 0. The predicted molar refractivity (Wildman–Crippen MR) is 137 cm³/mol. The van der Waals surface area contributed by atoms with Crippen LogP contribution in [-0.2, 0) is 14.3 Å². The van der Waals surface area contributed by atoms with Gasteiger partial charge in [0.2, 0.25) is 11.8 Å². The van der Waals surface area contributed by atoms with Gasteiger partial charge in [-0.3, -0.25) is 9.59 Å². The van der Waals surface area contributed by atoms with E-state index in [9.17, 15) is 14.7 Å². The lowest BCUT2D eigenvalue weighted by Gasteiger charge is -2.33. The highest BCUT2D eigenvalue weighted by Crippen LogP contribution is 2.62. The van der Waals surface area contributed by atoms with E-state index in [0.717, 1.165) is 5.39 Å². The standard InChI is InChI=1S/C29H23N3O6/c1-28-22(33)15-29(38-28,13-14-36-25-18-9-5-6-10-21(18)37-31-25)24-23(28)26(34)32(27(24)35)20-12-11-19(30-2)16-7-3-4-8-17(16)20/h3-12,22-24,33H,13-15H2,1H3/t22?,23-,24+,28?,29?/m1/s1. The van der Waals surface area contributed by atoms with E-state index in [1.807, 2.05) is 42.5 Å². The van der Waals surface area contributed by atoms with E-state index >= 15 is 0 Å². The average Bonchev–Trinajstić information content (AvgIpc) is 3.61. The van der Waals surface area contributed by atoms with Gasteiger partial charge in [0.25, 0.3) is 5.88 Å². The molecule has 0 saturated carbocycles. The number of imide groups is 1. The number of carbonyl (C=O) groups is 2. The van der Waals surface area contributed by atoms with Crippen molar-refractivity contribution in [3.8, 4) is 5.88 Å². The first-order chi connectivity index (χ1) is 18.4. The fourth-order valence-corrected chi connectivity index (χ4v) is 6.71. The lowest BCUT2D eigenvalue weighted by Crippen LogP contribution is -2.49. The minimum Gasteiger partial charge on any atom is -0.475 e. The number of rotatable bonds is 5. The first-order valence-electron chi connectivity index (χ1n) is 12.5. The minimum absolute atomic E-state index is 0.159. The van der Waals surface area contributed by atoms with Gasteiger partial charge in [-0.05, 0) is 41.1 Å². The quantitative estimate of drug-likeness (QED) is 0.314. The number of nitrogens with zero attached hydrogens (tertiary/aromatic N) is 3. The van der Waals surface area contributed by atoms with Crippen LogP contribution in [0.3, 0.4) is 0 Å². The molecule has 7 rings (SSSR count). The molecule has 38 heavy (non-hydrogen) atoms. The Balaban J connectivity index is 1.23. The smallest absolute Gasteiger partial charge is 0.262 e. The summed E-state index contributed by atoms with van der Waals surface area (Å²) in [5.41, 5.74) is -0.769. The van der Waals surface area contributed by atoms with E-state index in [1.54, 1.807) is 25.1 Å². The van der Waals surface area contributed by atoms with Gasteiger partial charge in [-0.25, -0.2) is 9.74 Å². The SMILES string of the molecule is [C-]#[N+]c1ccc(N2C(=O)[C@@H]3[C@H](C2=O)C2(C)OC3(CCOc3noc4ccccc34)CC2O)c2ccccc12. The Morgan fingerprint density at radius 2 is 1.76 bits per heavy atom. The van der Waals surface area contributed by atoms with Crippen molar-refractivity contribution in [2.75, 3.05) is 11.5 Å². The van der Waals surface area contributed by atoms with Gasteiger partial charge in [-0.1, -0.05) is 42.5 Å². The molecule has 5 atom stereocenters. The Bertz CT molecular complexity index is 1690. The lowest BCUT2D eigenvalue weighted by atomic mass is 9.66. The molecule has 9 heteroatoms. The predicted octanol–water partition coefficient (Wildman–Crippen LogP) is 4.40. The van der Waals surface area contributed by atoms with Gasteiger partial charge in [0.15, 0.2) is 11.3 Å². The molecule has 9 nitrogen and oxygen atoms in total. The maximum atomic E-state index is 14.0. The molecule has 3 aliphatic heterocycles. The van der Waals surface area contributed by atoms with Crippen molar-refractivity contribution in [2.24, 2.45) is 11.8 Å². The highest BCUT2D eigenvalue weighted by Gasteiger charge is 2.77. The van der Waals surface area contributed by atoms with Gasteiger partial charge in [0.05, 0.1) is 47.8 Å². The summed E-state index contributed by atoms with van der Waals surface area (Å²) in [6, 6.07) is 17.9. The zero-order valence-corrected chi connectivity index (χ0v) is 20.5. The maximum Gasteiger partial charge on any atom is 0.262 e. The molecule has 3 saturated heterocycles. The van der Waals surface area contributed by atoms with Crippen molar-refractivity contribution in [1.82, 2.24) is 5.16 Å². The normalized spacial score (nSPS) is 29.8. The summed E-state index contributed by atoms with van der Waals surface area (Å²) in [5.74, 6) is -2.00. The molecule has 4 aromatic rings. The number of benzene rings is 3. The van der Waals surface area contributed by atoms with Gasteiger partial charge in [0, 0.05) is 12.8 Å². The van der Waals surface area contributed by atoms with Gasteiger partial charge in [-0.2, -0.15) is 0 Å². The molecule has 0 spiro atoms. The summed E-state index contributed by atoms with van der Waals surface area (Å²) in [5, 5.41) is 17.1. The molecule has 3 fully saturated rings. The highest BCUT2D eigenvalue weighted by atomic mass is 16.6. The topological polar surface area (TPSA) is 106 Å². The van der Waals surface area contributed by atoms with Crippen LogP contribution in [0, 0.1) is 18.4 Å². The number of carbonyl (C=O) groups excluding carboxylic acids is 2. The zero-order valence-electron chi connectivity index (χ0n) is 20.5. The third-order valence-electron chi connectivity index (χ3n) is 8.46. The van der Waals surface area contributed by atoms with Crippen LogP contribution in [0.25, 0.3) is 26.6 Å². The lowest BCUT2D eigenvalue weighted by molar-refractivity contribution is -0.134. The molecule has 3 aliphatic rings. The molecule has 0 aliphatic carbocycles. The average molecular weight is 510 g/mol. The summed E-state index contributed by atoms with van der Waals surface area (Å²) in [6.07, 6.45) is -0.404. The van der Waals surface area contributed by atoms with Crippen LogP contribution >= 0.6 is 0 Å². The molecule has 3 unspecified atom stereocenters. The second-order valence-corrected chi connectivity index (χ2v) is 10.4. The van der Waals surface area contributed by atoms with Crippen LogP contribution in [0.2, 0.25) is 0 Å². The first kappa shape index (κ1) is 22.9. The molecule has 2 amide bonds. The van der Waals surface area contributed by atoms with E-state index in [0.29, 0.717) is 33.6 Å². The van der Waals surface area contributed by atoms with Gasteiger partial charge in [-0.15, -0.1) is 0 Å². The number of ether oxygens (including phenoxy) is 2. The number of aliphatic hydroxyl groups excluding tert-OH is 1. The maximum absolute atomic E-state index is 14.0. The van der Waals surface area contributed by atoms with Gasteiger partial charge >= 0.3 is 0 Å². The first-order valence-corrected chi connectivity index (χ1v) is 12.5. The Labute approximate surface area is 217 Å². The van der Waals surface area contributed by atoms with Crippen molar-refractivity contribution >= 4 is 44.9 Å². The molecule has 2 bridgehead atoms. The van der Waals surface area contributed by atoms with E-state index in [2.05, 4.69) is 10.0 Å². The summed E-state index contributed by atoms with van der Waals surface area (Å²) < 4.78 is 17.6. The van der Waals surface area contributed by atoms with Crippen LogP contribution < -0.4 is 9.64 Å². The highest BCUT2D eigenvalue weighted by molar-refractivity contribution is 6.26. The van der Waals surface area contributed by atoms with Crippen LogP contribution in [-0.4, -0.2) is 46.0 Å². The molecule has 3 aromatic carbocycles. The number of anilines is 1. The van der Waals surface area contributed by atoms with Crippen molar-refractivity contribution in [1.29, 1.82) is 0 Å². The summed E-state index contributed by atoms with van der Waals surface area (Å²) in [4.78, 5) is 32.7. The summed E-state index contributed by atoms with van der Waals surface area (Å²) in [6.45, 7) is 9.37. The Hall–Kier alpha value is -4.26. The number of hydrogen-bond donors (Lipinski definition) is 1. The van der Waals surface area contributed by atoms with E-state index < -0.39 is 35.0 Å². The molecule has 0 radical (unpaired) electrons. The molecule has 4 heterocycles. The monoisotopic (exact) mass is 509 g/mol. The van der Waals surface area contributed by atoms with Crippen LogP contribution in [0.15, 0.2) is 65.2 Å². The molecular weight excluding hydrogens is 486 g/mol. The number of fused-ring (bicyclic) bond motifs is 7. The van der Waals surface area contributed by atoms with E-state index in [4.69, 9.17) is 20.6 Å². The third kappa shape index (κ3) is 2.90. The number of para-hydroxylation sites is 1. The molecule has 190 valence electrons. The summed E-state index contributed by atoms with van der Waals surface area (Å²) in [7, 11) is 0. The van der Waals surface area contributed by atoms with Crippen molar-refractivity contribution in [3.05, 3.63) is 72.1 Å². The Morgan fingerprint density at radius 1 is 1.05 bits per heavy atom. The van der Waals surface area contributed by atoms with Crippen molar-refractivity contribution < 1.29 is 28.7 Å². The minimum atomic E-state index is -1.20. The Kier molecular flexibility index (Phi) is 4.74. The van der Waals surface area contributed by atoms with Gasteiger partial charge < -0.3 is 19.1 Å². The van der Waals surface area contributed by atoms with E-state index in [1.165, 1.54) is 4.90 Å². The molecule has 1 aromatic heterocycles. The number of hydrogen-bond acceptors (Lipinski definition) is 7. The second kappa shape index (κ2) is 7.87. The van der Waals surface area contributed by atoms with Crippen molar-refractivity contribution in [3.63, 3.8) is 0 Å². The number of aliphatic hydroxyl groups is 1. The van der Waals surface area contributed by atoms with E-state index in [-0.39, 0.29) is 25.4 Å². The fourth-order valence-electron chi connectivity index (χ4n) is 6.71.